The summed E-state index contributed by atoms with van der Waals surface area (Å²) in [5.41, 5.74) is 0. The second-order valence-electron chi connectivity index (χ2n) is 2.36. The van der Waals surface area contributed by atoms with Crippen LogP contribution in [-0.2, 0) is 0 Å². The topological polar surface area (TPSA) is 41.6 Å². The van der Waals surface area contributed by atoms with Crippen LogP contribution >= 0.6 is 0 Å². The first kappa shape index (κ1) is 10.8. The van der Waals surface area contributed by atoms with E-state index in [-0.39, 0.29) is 0 Å². The lowest BCUT2D eigenvalue weighted by Crippen LogP contribution is -2.25. The Morgan fingerprint density at radius 2 is 2.33 bits per heavy atom. The van der Waals surface area contributed by atoms with Gasteiger partial charge in [-0.05, 0) is 25.6 Å². The Labute approximate surface area is 74.2 Å². The summed E-state index contributed by atoms with van der Waals surface area (Å²) in [6, 6.07) is 0. The number of amidine groups is 1. The minimum atomic E-state index is 0.745. The summed E-state index contributed by atoms with van der Waals surface area (Å²) in [5, 5.41) is 3.65. The minimum Gasteiger partial charge on any atom is -0.332 e. The van der Waals surface area contributed by atoms with E-state index in [2.05, 4.69) is 18.6 Å². The van der Waals surface area contributed by atoms with Crippen molar-refractivity contribution in [2.45, 2.75) is 20.3 Å². The molecule has 0 aliphatic heterocycles. The van der Waals surface area contributed by atoms with Crippen LogP contribution in [0.25, 0.3) is 0 Å². The molecule has 0 saturated carbocycles. The summed E-state index contributed by atoms with van der Waals surface area (Å²) in [4.78, 5) is 1.92. The number of rotatable bonds is 4. The highest BCUT2D eigenvalue weighted by Gasteiger charge is 2.01. The van der Waals surface area contributed by atoms with Crippen LogP contribution in [-0.4, -0.2) is 17.3 Å². The Hall–Kier alpha value is -1.25. The highest BCUT2D eigenvalue weighted by atomic mass is 15.3. The molecule has 0 rings (SSSR count). The van der Waals surface area contributed by atoms with Crippen molar-refractivity contribution in [1.29, 1.82) is 0 Å². The molecule has 0 aliphatic rings. The smallest absolute Gasteiger partial charge is 0.151 e. The molecule has 3 nitrogen and oxygen atoms in total. The van der Waals surface area contributed by atoms with Crippen LogP contribution in [0.4, 0.5) is 0 Å². The largest absolute Gasteiger partial charge is 0.332 e. The van der Waals surface area contributed by atoms with E-state index in [0.717, 1.165) is 18.8 Å². The first-order valence-corrected chi connectivity index (χ1v) is 4.09. The fraction of sp³-hybridized carbons (Fsp3) is 0.444. The lowest BCUT2D eigenvalue weighted by atomic mass is 10.4. The Kier molecular flexibility index (Phi) is 5.79. The summed E-state index contributed by atoms with van der Waals surface area (Å²) >= 11 is 0. The van der Waals surface area contributed by atoms with Crippen molar-refractivity contribution in [1.82, 2.24) is 4.90 Å². The first-order valence-electron chi connectivity index (χ1n) is 4.09. The minimum absolute atomic E-state index is 0.745. The summed E-state index contributed by atoms with van der Waals surface area (Å²) in [6.07, 6.45) is 6.53. The molecule has 2 N–H and O–H groups in total. The van der Waals surface area contributed by atoms with Crippen LogP contribution in [0.15, 0.2) is 30.0 Å². The summed E-state index contributed by atoms with van der Waals surface area (Å²) in [5.74, 6) is 5.96. The Morgan fingerprint density at radius 3 is 2.67 bits per heavy atom. The van der Waals surface area contributed by atoms with Crippen molar-refractivity contribution >= 4 is 5.84 Å². The molecule has 0 saturated heterocycles. The number of hydrogen-bond donors (Lipinski definition) is 1. The molecule has 0 aromatic rings. The molecule has 0 spiro atoms. The molecule has 0 aromatic carbocycles. The third-order valence-corrected chi connectivity index (χ3v) is 1.43. The monoisotopic (exact) mass is 167 g/mol. The molecule has 0 amide bonds. The molecule has 0 radical (unpaired) electrons. The molecular formula is C9H17N3. The van der Waals surface area contributed by atoms with Gasteiger partial charge in [-0.1, -0.05) is 19.6 Å². The fourth-order valence-electron chi connectivity index (χ4n) is 0.902. The SMILES string of the molecule is C=CN(CCC)C(/C=C\C)=N\N. The van der Waals surface area contributed by atoms with Crippen LogP contribution in [0.3, 0.4) is 0 Å². The van der Waals surface area contributed by atoms with Crippen molar-refractivity contribution in [3.8, 4) is 0 Å². The molecule has 12 heavy (non-hydrogen) atoms. The van der Waals surface area contributed by atoms with Crippen LogP contribution in [0.2, 0.25) is 0 Å². The van der Waals surface area contributed by atoms with Gasteiger partial charge in [0.25, 0.3) is 0 Å². The van der Waals surface area contributed by atoms with Crippen LogP contribution < -0.4 is 5.84 Å². The average Bonchev–Trinajstić information content (AvgIpc) is 2.11. The molecule has 0 unspecified atom stereocenters. The Bertz CT molecular complexity index is 182. The number of hydrogen-bond acceptors (Lipinski definition) is 2. The summed E-state index contributed by atoms with van der Waals surface area (Å²) < 4.78 is 0. The second-order valence-corrected chi connectivity index (χ2v) is 2.36. The van der Waals surface area contributed by atoms with Gasteiger partial charge in [0.1, 0.15) is 0 Å². The van der Waals surface area contributed by atoms with E-state index >= 15 is 0 Å². The molecule has 0 bridgehead atoms. The maximum Gasteiger partial charge on any atom is 0.151 e. The molecule has 0 fully saturated rings. The Balaban J connectivity index is 4.34. The van der Waals surface area contributed by atoms with E-state index in [4.69, 9.17) is 5.84 Å². The number of hydrazone groups is 1. The maximum atomic E-state index is 5.21. The van der Waals surface area contributed by atoms with Gasteiger partial charge in [0.2, 0.25) is 0 Å². The number of allylic oxidation sites excluding steroid dienone is 1. The molecule has 68 valence electrons. The average molecular weight is 167 g/mol. The lowest BCUT2D eigenvalue weighted by Gasteiger charge is -2.17. The van der Waals surface area contributed by atoms with E-state index in [1.807, 2.05) is 24.0 Å². The van der Waals surface area contributed by atoms with Crippen molar-refractivity contribution in [3.63, 3.8) is 0 Å². The van der Waals surface area contributed by atoms with Crippen LogP contribution in [0, 0.1) is 0 Å². The van der Waals surface area contributed by atoms with E-state index in [1.54, 1.807) is 6.20 Å². The maximum absolute atomic E-state index is 5.21. The quantitative estimate of drug-likeness (QED) is 0.299. The fourth-order valence-corrected chi connectivity index (χ4v) is 0.902. The van der Waals surface area contributed by atoms with Crippen molar-refractivity contribution < 1.29 is 0 Å². The molecule has 0 heterocycles. The zero-order valence-corrected chi connectivity index (χ0v) is 7.83. The van der Waals surface area contributed by atoms with Gasteiger partial charge in [-0.25, -0.2) is 0 Å². The predicted octanol–water partition coefficient (Wildman–Crippen LogP) is 1.69. The highest BCUT2D eigenvalue weighted by Crippen LogP contribution is 1.95. The van der Waals surface area contributed by atoms with Crippen molar-refractivity contribution in [2.24, 2.45) is 10.9 Å². The van der Waals surface area contributed by atoms with Crippen LogP contribution in [0.1, 0.15) is 20.3 Å². The van der Waals surface area contributed by atoms with Crippen LogP contribution in [0.5, 0.6) is 0 Å². The zero-order valence-electron chi connectivity index (χ0n) is 7.83. The van der Waals surface area contributed by atoms with Gasteiger partial charge in [-0.3, -0.25) is 0 Å². The second kappa shape index (κ2) is 6.46. The molecule has 0 aromatic heterocycles. The Morgan fingerprint density at radius 1 is 1.67 bits per heavy atom. The third kappa shape index (κ3) is 3.23. The molecule has 0 aliphatic carbocycles. The standard InChI is InChI=1S/C9H17N3/c1-4-7-9(11-10)12(6-3)8-5-2/h4,6-7H,3,5,8,10H2,1-2H3/b7-4-,11-9-. The van der Waals surface area contributed by atoms with E-state index in [1.165, 1.54) is 0 Å². The number of nitrogens with two attached hydrogens (primary N) is 1. The van der Waals surface area contributed by atoms with Gasteiger partial charge in [0.15, 0.2) is 5.84 Å². The van der Waals surface area contributed by atoms with Gasteiger partial charge in [-0.15, -0.1) is 0 Å². The summed E-state index contributed by atoms with van der Waals surface area (Å²) in [7, 11) is 0. The van der Waals surface area contributed by atoms with E-state index in [9.17, 15) is 0 Å². The zero-order chi connectivity index (χ0) is 9.40. The van der Waals surface area contributed by atoms with Gasteiger partial charge in [-0.2, -0.15) is 5.10 Å². The van der Waals surface area contributed by atoms with Crippen molar-refractivity contribution in [2.75, 3.05) is 6.54 Å². The van der Waals surface area contributed by atoms with Gasteiger partial charge in [0, 0.05) is 6.54 Å². The molecule has 3 heteroatoms. The molecular weight excluding hydrogens is 150 g/mol. The predicted molar refractivity (Wildman–Crippen MR) is 53.6 cm³/mol. The number of nitrogens with zero attached hydrogens (tertiary/aromatic N) is 2. The third-order valence-electron chi connectivity index (χ3n) is 1.43. The first-order chi connectivity index (χ1) is 5.79. The highest BCUT2D eigenvalue weighted by molar-refractivity contribution is 5.93. The van der Waals surface area contributed by atoms with Crippen molar-refractivity contribution in [3.05, 3.63) is 24.9 Å². The lowest BCUT2D eigenvalue weighted by molar-refractivity contribution is 0.550. The molecule has 0 atom stereocenters. The normalized spacial score (nSPS) is 12.0. The van der Waals surface area contributed by atoms with Gasteiger partial charge in [0.05, 0.1) is 0 Å². The van der Waals surface area contributed by atoms with Gasteiger partial charge < -0.3 is 10.7 Å². The van der Waals surface area contributed by atoms with E-state index in [0.29, 0.717) is 0 Å². The van der Waals surface area contributed by atoms with E-state index < -0.39 is 0 Å². The summed E-state index contributed by atoms with van der Waals surface area (Å²) in [6.45, 7) is 8.61. The van der Waals surface area contributed by atoms with Gasteiger partial charge >= 0.3 is 0 Å².